The average Bonchev–Trinajstić information content (AvgIpc) is 1.35. The molecule has 0 aromatic heterocycles. The van der Waals surface area contributed by atoms with Crippen molar-refractivity contribution in [3.05, 3.63) is 0 Å². The van der Waals surface area contributed by atoms with Gasteiger partial charge in [-0.2, -0.15) is 8.42 Å². The maximum atomic E-state index is 9.78. The first-order valence-corrected chi connectivity index (χ1v) is 3.13. The highest BCUT2D eigenvalue weighted by atomic mass is 32.2. The largest absolute Gasteiger partial charge is 0.274 e. The second-order valence-corrected chi connectivity index (χ2v) is 2.61. The first-order chi connectivity index (χ1) is 2.56. The molecule has 0 saturated carbocycles. The average molecular weight is 124 g/mol. The van der Waals surface area contributed by atoms with Crippen LogP contribution < -0.4 is 6.15 Å². The van der Waals surface area contributed by atoms with Crippen LogP contribution in [0.25, 0.3) is 0 Å². The van der Waals surface area contributed by atoms with Gasteiger partial charge >= 0.3 is 0 Å². The molecule has 0 aliphatic carbocycles. The third-order valence-corrected chi connectivity index (χ3v) is 0.908. The SMILES string of the molecule is COS(C)(=O)=O.[N]. The molecule has 0 atom stereocenters. The minimum absolute atomic E-state index is 0. The molecule has 0 fully saturated rings. The molecule has 7 heavy (non-hydrogen) atoms. The van der Waals surface area contributed by atoms with E-state index in [9.17, 15) is 8.42 Å². The molecule has 3 radical (unpaired) electrons. The minimum atomic E-state index is -3.16. The van der Waals surface area contributed by atoms with E-state index in [1.165, 1.54) is 0 Å². The summed E-state index contributed by atoms with van der Waals surface area (Å²) in [5.41, 5.74) is 0. The highest BCUT2D eigenvalue weighted by molar-refractivity contribution is 7.85. The van der Waals surface area contributed by atoms with E-state index in [-0.39, 0.29) is 6.15 Å². The monoisotopic (exact) mass is 124 g/mol. The molecule has 0 heterocycles. The van der Waals surface area contributed by atoms with Gasteiger partial charge in [-0.25, -0.2) is 0 Å². The van der Waals surface area contributed by atoms with Gasteiger partial charge in [0.1, 0.15) is 0 Å². The van der Waals surface area contributed by atoms with E-state index < -0.39 is 10.1 Å². The van der Waals surface area contributed by atoms with Crippen LogP contribution in [0, 0.1) is 0 Å². The van der Waals surface area contributed by atoms with Crippen LogP contribution in [0.3, 0.4) is 0 Å². The summed E-state index contributed by atoms with van der Waals surface area (Å²) in [5, 5.41) is 0. The first-order valence-electron chi connectivity index (χ1n) is 1.32. The first kappa shape index (κ1) is 9.98. The minimum Gasteiger partial charge on any atom is -0.274 e. The van der Waals surface area contributed by atoms with Gasteiger partial charge in [0, 0.05) is 6.15 Å². The molecule has 0 N–H and O–H groups in total. The van der Waals surface area contributed by atoms with Gasteiger partial charge in [-0.15, -0.1) is 0 Å². The van der Waals surface area contributed by atoms with Crippen LogP contribution in [-0.4, -0.2) is 21.8 Å². The van der Waals surface area contributed by atoms with Gasteiger partial charge in [-0.05, 0) is 0 Å². The van der Waals surface area contributed by atoms with Crippen molar-refractivity contribution in [2.75, 3.05) is 13.4 Å². The molecule has 0 aliphatic rings. The second kappa shape index (κ2) is 2.95. The molecule has 0 rings (SSSR count). The molecule has 0 unspecified atom stereocenters. The van der Waals surface area contributed by atoms with E-state index in [4.69, 9.17) is 0 Å². The number of rotatable bonds is 1. The lowest BCUT2D eigenvalue weighted by Crippen LogP contribution is -1.95. The van der Waals surface area contributed by atoms with Crippen molar-refractivity contribution in [1.82, 2.24) is 6.15 Å². The molecule has 0 spiro atoms. The van der Waals surface area contributed by atoms with Crippen molar-refractivity contribution in [1.29, 1.82) is 0 Å². The molecule has 43 valence electrons. The second-order valence-electron chi connectivity index (χ2n) is 0.871. The summed E-state index contributed by atoms with van der Waals surface area (Å²) < 4.78 is 23.5. The van der Waals surface area contributed by atoms with E-state index in [1.54, 1.807) is 0 Å². The van der Waals surface area contributed by atoms with Crippen LogP contribution in [0.4, 0.5) is 0 Å². The lowest BCUT2D eigenvalue weighted by Gasteiger charge is -1.84. The molecule has 0 saturated heterocycles. The predicted octanol–water partition coefficient (Wildman–Crippen LogP) is -0.888. The molecular weight excluding hydrogens is 118 g/mol. The lowest BCUT2D eigenvalue weighted by molar-refractivity contribution is 0.403. The van der Waals surface area contributed by atoms with E-state index in [0.29, 0.717) is 0 Å². The molecule has 0 aliphatic heterocycles. The predicted molar refractivity (Wildman–Crippen MR) is 24.0 cm³/mol. The van der Waals surface area contributed by atoms with Crippen molar-refractivity contribution in [3.8, 4) is 0 Å². The van der Waals surface area contributed by atoms with Gasteiger partial charge in [0.2, 0.25) is 0 Å². The maximum absolute atomic E-state index is 9.78. The quantitative estimate of drug-likeness (QED) is 0.426. The van der Waals surface area contributed by atoms with Crippen LogP contribution >= 0.6 is 0 Å². The molecule has 5 heteroatoms. The zero-order valence-corrected chi connectivity index (χ0v) is 4.90. The summed E-state index contributed by atoms with van der Waals surface area (Å²) >= 11 is 0. The van der Waals surface area contributed by atoms with Gasteiger partial charge < -0.3 is 0 Å². The van der Waals surface area contributed by atoms with Crippen molar-refractivity contribution >= 4 is 10.1 Å². The Bertz CT molecular complexity index is 115. The van der Waals surface area contributed by atoms with Gasteiger partial charge in [-0.1, -0.05) is 0 Å². The topological polar surface area (TPSA) is 73.9 Å². The molecule has 0 aromatic rings. The van der Waals surface area contributed by atoms with Crippen LogP contribution in [0.1, 0.15) is 0 Å². The fourth-order valence-electron chi connectivity index (χ4n) is 0. The Morgan fingerprint density at radius 1 is 1.43 bits per heavy atom. The van der Waals surface area contributed by atoms with E-state index >= 15 is 0 Å². The Morgan fingerprint density at radius 2 is 1.57 bits per heavy atom. The van der Waals surface area contributed by atoms with E-state index in [1.807, 2.05) is 0 Å². The smallest absolute Gasteiger partial charge is 0.264 e. The normalized spacial score (nSPS) is 10.0. The number of hydrogen-bond donors (Lipinski definition) is 0. The van der Waals surface area contributed by atoms with Gasteiger partial charge in [0.15, 0.2) is 0 Å². The zero-order chi connectivity index (χ0) is 5.21. The molecule has 0 bridgehead atoms. The maximum Gasteiger partial charge on any atom is 0.264 e. The third-order valence-electron chi connectivity index (χ3n) is 0.303. The van der Waals surface area contributed by atoms with Crippen molar-refractivity contribution < 1.29 is 12.6 Å². The summed E-state index contributed by atoms with van der Waals surface area (Å²) in [4.78, 5) is 0. The lowest BCUT2D eigenvalue weighted by atomic mass is 11.8. The van der Waals surface area contributed by atoms with Crippen molar-refractivity contribution in [3.63, 3.8) is 0 Å². The van der Waals surface area contributed by atoms with Gasteiger partial charge in [0.25, 0.3) is 10.1 Å². The Labute approximate surface area is 43.2 Å². The van der Waals surface area contributed by atoms with Crippen LogP contribution in [-0.2, 0) is 14.3 Å². The van der Waals surface area contributed by atoms with E-state index in [0.717, 1.165) is 13.4 Å². The fourth-order valence-corrected chi connectivity index (χ4v) is 0. The van der Waals surface area contributed by atoms with Crippen molar-refractivity contribution in [2.24, 2.45) is 0 Å². The Morgan fingerprint density at radius 3 is 1.57 bits per heavy atom. The standard InChI is InChI=1S/C2H6O3S.N/c1-5-6(2,3)4;/h1-2H3;. The van der Waals surface area contributed by atoms with Crippen LogP contribution in [0.15, 0.2) is 0 Å². The summed E-state index contributed by atoms with van der Waals surface area (Å²) in [6.07, 6.45) is 0.993. The van der Waals surface area contributed by atoms with Crippen LogP contribution in [0.2, 0.25) is 0 Å². The number of nitrogens with zero attached hydrogens (tertiary/aromatic N) is 1. The van der Waals surface area contributed by atoms with Crippen LogP contribution in [0.5, 0.6) is 0 Å². The Hall–Kier alpha value is -0.130. The molecule has 4 nitrogen and oxygen atoms in total. The number of hydrogen-bond acceptors (Lipinski definition) is 3. The zero-order valence-electron chi connectivity index (χ0n) is 4.08. The summed E-state index contributed by atoms with van der Waals surface area (Å²) in [7, 11) is -2.04. The molecule has 0 amide bonds. The summed E-state index contributed by atoms with van der Waals surface area (Å²) in [5.74, 6) is 0. The van der Waals surface area contributed by atoms with Gasteiger partial charge in [0.05, 0.1) is 13.4 Å². The van der Waals surface area contributed by atoms with E-state index in [2.05, 4.69) is 4.18 Å². The Kier molecular flexibility index (Phi) is 4.21. The Balaban J connectivity index is 0. The highest BCUT2D eigenvalue weighted by Gasteiger charge is 1.90. The summed E-state index contributed by atoms with van der Waals surface area (Å²) in [6.45, 7) is 0. The fraction of sp³-hybridized carbons (Fsp3) is 1.00. The highest BCUT2D eigenvalue weighted by Crippen LogP contribution is 1.75. The third kappa shape index (κ3) is 10.7. The molecular formula is C2H6NO3S. The van der Waals surface area contributed by atoms with Gasteiger partial charge in [-0.3, -0.25) is 4.18 Å². The molecule has 0 aromatic carbocycles. The summed E-state index contributed by atoms with van der Waals surface area (Å²) in [6, 6.07) is 0. The van der Waals surface area contributed by atoms with Crippen molar-refractivity contribution in [2.45, 2.75) is 0 Å².